The summed E-state index contributed by atoms with van der Waals surface area (Å²) in [6, 6.07) is 3.69. The minimum absolute atomic E-state index is 0.0176. The number of pyridine rings is 1. The van der Waals surface area contributed by atoms with Gasteiger partial charge < -0.3 is 9.64 Å². The first-order valence-corrected chi connectivity index (χ1v) is 9.02. The molecular formula is C17H18N6O2S. The molecule has 4 heterocycles. The third-order valence-electron chi connectivity index (χ3n) is 4.35. The van der Waals surface area contributed by atoms with E-state index in [0.717, 1.165) is 16.1 Å². The number of amides is 1. The molecule has 0 spiro atoms. The molecule has 0 saturated carbocycles. The predicted octanol–water partition coefficient (Wildman–Crippen LogP) is 1.79. The summed E-state index contributed by atoms with van der Waals surface area (Å²) in [6.07, 6.45) is 5.34. The van der Waals surface area contributed by atoms with Crippen LogP contribution in [0.25, 0.3) is 0 Å². The number of carbonyl (C=O) groups excluding carboxylic acids is 1. The molecule has 4 rings (SSSR count). The monoisotopic (exact) mass is 370 g/mol. The van der Waals surface area contributed by atoms with Gasteiger partial charge in [-0.1, -0.05) is 4.49 Å². The van der Waals surface area contributed by atoms with Crippen molar-refractivity contribution in [2.45, 2.75) is 19.4 Å². The molecule has 0 aromatic carbocycles. The number of carbonyl (C=O) groups is 1. The van der Waals surface area contributed by atoms with Crippen LogP contribution in [0.1, 0.15) is 32.5 Å². The molecule has 1 amide bonds. The van der Waals surface area contributed by atoms with E-state index < -0.39 is 0 Å². The number of fused-ring (bicyclic) bond motifs is 1. The van der Waals surface area contributed by atoms with E-state index in [1.54, 1.807) is 22.0 Å². The Hall–Kier alpha value is -2.81. The fourth-order valence-corrected chi connectivity index (χ4v) is 3.60. The van der Waals surface area contributed by atoms with Gasteiger partial charge in [-0.15, -0.1) is 5.10 Å². The Morgan fingerprint density at radius 2 is 2.35 bits per heavy atom. The summed E-state index contributed by atoms with van der Waals surface area (Å²) in [7, 11) is 1.89. The smallest absolute Gasteiger partial charge is 0.275 e. The summed E-state index contributed by atoms with van der Waals surface area (Å²) >= 11 is 1.24. The van der Waals surface area contributed by atoms with E-state index in [4.69, 9.17) is 4.74 Å². The number of aryl methyl sites for hydroxylation is 2. The molecular weight excluding hydrogens is 352 g/mol. The van der Waals surface area contributed by atoms with Crippen molar-refractivity contribution in [1.82, 2.24) is 29.3 Å². The highest BCUT2D eigenvalue weighted by Crippen LogP contribution is 2.29. The highest BCUT2D eigenvalue weighted by Gasteiger charge is 2.33. The summed E-state index contributed by atoms with van der Waals surface area (Å²) in [4.78, 5) is 19.6. The Balaban J connectivity index is 1.56. The van der Waals surface area contributed by atoms with Crippen LogP contribution in [-0.4, -0.2) is 48.3 Å². The van der Waals surface area contributed by atoms with Gasteiger partial charge in [0.15, 0.2) is 5.69 Å². The Morgan fingerprint density at radius 1 is 1.46 bits per heavy atom. The lowest BCUT2D eigenvalue weighted by Gasteiger charge is -2.31. The summed E-state index contributed by atoms with van der Waals surface area (Å²) < 4.78 is 11.5. The SMILES string of the molecule is Cc1snnc1C(=O)N1Cc2cn(C)nc2[C@H](COc2cccnc2)C1. The van der Waals surface area contributed by atoms with Crippen molar-refractivity contribution in [3.8, 4) is 5.75 Å². The van der Waals surface area contributed by atoms with Crippen LogP contribution < -0.4 is 4.74 Å². The lowest BCUT2D eigenvalue weighted by atomic mass is 9.97. The normalized spacial score (nSPS) is 16.4. The number of hydrogen-bond acceptors (Lipinski definition) is 7. The first kappa shape index (κ1) is 16.6. The van der Waals surface area contributed by atoms with E-state index in [-0.39, 0.29) is 11.8 Å². The highest BCUT2D eigenvalue weighted by atomic mass is 32.1. The number of ether oxygens (including phenoxy) is 1. The van der Waals surface area contributed by atoms with Crippen LogP contribution in [0.15, 0.2) is 30.7 Å². The number of nitrogens with zero attached hydrogens (tertiary/aromatic N) is 6. The average Bonchev–Trinajstić information content (AvgIpc) is 3.24. The van der Waals surface area contributed by atoms with Crippen molar-refractivity contribution in [1.29, 1.82) is 0 Å². The second kappa shape index (κ2) is 6.83. The Kier molecular flexibility index (Phi) is 4.37. The van der Waals surface area contributed by atoms with E-state index >= 15 is 0 Å². The summed E-state index contributed by atoms with van der Waals surface area (Å²) in [5.74, 6) is 0.584. The molecule has 9 heteroatoms. The van der Waals surface area contributed by atoms with Crippen LogP contribution in [0.5, 0.6) is 5.75 Å². The van der Waals surface area contributed by atoms with Crippen LogP contribution in [-0.2, 0) is 13.6 Å². The van der Waals surface area contributed by atoms with Crippen LogP contribution in [0.2, 0.25) is 0 Å². The third kappa shape index (κ3) is 3.17. The maximum atomic E-state index is 12.9. The van der Waals surface area contributed by atoms with Gasteiger partial charge in [0.2, 0.25) is 0 Å². The van der Waals surface area contributed by atoms with Crippen LogP contribution in [0.3, 0.4) is 0 Å². The summed E-state index contributed by atoms with van der Waals surface area (Å²) in [5, 5.41) is 8.56. The van der Waals surface area contributed by atoms with Gasteiger partial charge in [0, 0.05) is 38.1 Å². The van der Waals surface area contributed by atoms with E-state index in [1.807, 2.05) is 32.3 Å². The molecule has 0 N–H and O–H groups in total. The zero-order chi connectivity index (χ0) is 18.1. The topological polar surface area (TPSA) is 86.0 Å². The van der Waals surface area contributed by atoms with Gasteiger partial charge in [-0.3, -0.25) is 14.5 Å². The average molecular weight is 370 g/mol. The van der Waals surface area contributed by atoms with Gasteiger partial charge in [-0.2, -0.15) is 5.10 Å². The third-order valence-corrected chi connectivity index (χ3v) is 4.98. The van der Waals surface area contributed by atoms with Gasteiger partial charge >= 0.3 is 0 Å². The molecule has 0 fully saturated rings. The lowest BCUT2D eigenvalue weighted by Crippen LogP contribution is -2.40. The summed E-state index contributed by atoms with van der Waals surface area (Å²) in [6.45, 7) is 3.33. The van der Waals surface area contributed by atoms with Gasteiger partial charge in [0.05, 0.1) is 29.3 Å². The standard InChI is InChI=1S/C17H18N6O2S/c1-11-15(19-21-26-11)17(24)23-8-12-7-22(2)20-16(12)13(9-23)10-25-14-4-3-5-18-6-14/h3-7,13H,8-10H2,1-2H3/t13-/m0/s1. The van der Waals surface area contributed by atoms with Gasteiger partial charge in [0.25, 0.3) is 5.91 Å². The van der Waals surface area contributed by atoms with Gasteiger partial charge in [-0.05, 0) is 30.6 Å². The number of hydrogen-bond donors (Lipinski definition) is 0. The van der Waals surface area contributed by atoms with Crippen molar-refractivity contribution in [2.24, 2.45) is 7.05 Å². The molecule has 0 bridgehead atoms. The Labute approximate surface area is 154 Å². The van der Waals surface area contributed by atoms with Crippen molar-refractivity contribution < 1.29 is 9.53 Å². The molecule has 0 radical (unpaired) electrons. The van der Waals surface area contributed by atoms with Crippen molar-refractivity contribution in [3.63, 3.8) is 0 Å². The van der Waals surface area contributed by atoms with Crippen molar-refractivity contribution in [2.75, 3.05) is 13.2 Å². The second-order valence-electron chi connectivity index (χ2n) is 6.27. The quantitative estimate of drug-likeness (QED) is 0.696. The van der Waals surface area contributed by atoms with E-state index in [0.29, 0.717) is 31.1 Å². The fourth-order valence-electron chi connectivity index (χ4n) is 3.14. The minimum atomic E-state index is -0.0999. The van der Waals surface area contributed by atoms with Crippen molar-refractivity contribution >= 4 is 17.4 Å². The zero-order valence-electron chi connectivity index (χ0n) is 14.5. The molecule has 0 saturated heterocycles. The molecule has 8 nitrogen and oxygen atoms in total. The molecule has 1 atom stereocenters. The maximum Gasteiger partial charge on any atom is 0.275 e. The first-order valence-electron chi connectivity index (χ1n) is 8.25. The molecule has 134 valence electrons. The Bertz CT molecular complexity index is 922. The van der Waals surface area contributed by atoms with E-state index in [1.165, 1.54) is 11.5 Å². The number of rotatable bonds is 4. The molecule has 1 aliphatic rings. The van der Waals surface area contributed by atoms with Crippen LogP contribution >= 0.6 is 11.5 Å². The molecule has 0 unspecified atom stereocenters. The van der Waals surface area contributed by atoms with Crippen LogP contribution in [0.4, 0.5) is 0 Å². The van der Waals surface area contributed by atoms with Crippen molar-refractivity contribution in [3.05, 3.63) is 52.6 Å². The Morgan fingerprint density at radius 3 is 3.08 bits per heavy atom. The highest BCUT2D eigenvalue weighted by molar-refractivity contribution is 7.05. The summed E-state index contributed by atoms with van der Waals surface area (Å²) in [5.41, 5.74) is 2.44. The number of aromatic nitrogens is 5. The first-order chi connectivity index (χ1) is 12.6. The molecule has 26 heavy (non-hydrogen) atoms. The maximum absolute atomic E-state index is 12.9. The second-order valence-corrected chi connectivity index (χ2v) is 7.23. The minimum Gasteiger partial charge on any atom is -0.491 e. The molecule has 0 aliphatic carbocycles. The van der Waals surface area contributed by atoms with Crippen LogP contribution in [0, 0.1) is 6.92 Å². The van der Waals surface area contributed by atoms with Gasteiger partial charge in [-0.25, -0.2) is 0 Å². The zero-order valence-corrected chi connectivity index (χ0v) is 15.3. The largest absolute Gasteiger partial charge is 0.491 e. The predicted molar refractivity (Wildman–Crippen MR) is 95.1 cm³/mol. The van der Waals surface area contributed by atoms with E-state index in [2.05, 4.69) is 19.7 Å². The van der Waals surface area contributed by atoms with Gasteiger partial charge in [0.1, 0.15) is 5.75 Å². The molecule has 3 aromatic heterocycles. The fraction of sp³-hybridized carbons (Fsp3) is 0.353. The lowest BCUT2D eigenvalue weighted by molar-refractivity contribution is 0.0694. The molecule has 3 aromatic rings. The van der Waals surface area contributed by atoms with E-state index in [9.17, 15) is 4.79 Å². The molecule has 1 aliphatic heterocycles.